The molecule has 0 saturated carbocycles. The van der Waals surface area contributed by atoms with Crippen LogP contribution in [0.5, 0.6) is 0 Å². The summed E-state index contributed by atoms with van der Waals surface area (Å²) in [4.78, 5) is 11.9. The van der Waals surface area contributed by atoms with E-state index in [9.17, 15) is 13.2 Å². The normalized spacial score (nSPS) is 11.0. The monoisotopic (exact) mass is 333 g/mol. The second-order valence-corrected chi connectivity index (χ2v) is 6.90. The van der Waals surface area contributed by atoms with Crippen molar-refractivity contribution in [2.24, 2.45) is 0 Å². The van der Waals surface area contributed by atoms with Crippen LogP contribution in [0.3, 0.4) is 0 Å². The number of urea groups is 1. The fourth-order valence-corrected chi connectivity index (χ4v) is 2.83. The lowest BCUT2D eigenvalue weighted by Gasteiger charge is -2.10. The summed E-state index contributed by atoms with van der Waals surface area (Å²) < 4.78 is 26.4. The molecule has 0 spiro atoms. The van der Waals surface area contributed by atoms with Gasteiger partial charge in [0.1, 0.15) is 0 Å². The first-order valence-corrected chi connectivity index (χ1v) is 8.53. The highest BCUT2D eigenvalue weighted by Gasteiger charge is 2.13. The number of carbonyl (C=O) groups is 1. The molecule has 0 fully saturated rings. The van der Waals surface area contributed by atoms with Gasteiger partial charge in [-0.15, -0.1) is 0 Å². The van der Waals surface area contributed by atoms with Gasteiger partial charge in [-0.25, -0.2) is 13.2 Å². The summed E-state index contributed by atoms with van der Waals surface area (Å²) in [7, 11) is -3.64. The van der Waals surface area contributed by atoms with Gasteiger partial charge in [-0.2, -0.15) is 4.72 Å². The minimum absolute atomic E-state index is 0.156. The van der Waals surface area contributed by atoms with E-state index >= 15 is 0 Å². The third kappa shape index (κ3) is 5.08. The van der Waals surface area contributed by atoms with Crippen molar-refractivity contribution in [2.45, 2.75) is 18.7 Å². The second-order valence-electron chi connectivity index (χ2n) is 5.14. The van der Waals surface area contributed by atoms with Crippen molar-refractivity contribution in [2.75, 3.05) is 12.0 Å². The fraction of sp³-hybridized carbons (Fsp3) is 0.188. The van der Waals surface area contributed by atoms with E-state index in [0.29, 0.717) is 5.69 Å². The Bertz CT molecular complexity index is 786. The molecule has 2 rings (SSSR count). The fourth-order valence-electron chi connectivity index (χ4n) is 1.91. The van der Waals surface area contributed by atoms with Crippen molar-refractivity contribution in [1.82, 2.24) is 10.0 Å². The summed E-state index contributed by atoms with van der Waals surface area (Å²) in [6.45, 7) is 3.59. The number of rotatable bonds is 5. The summed E-state index contributed by atoms with van der Waals surface area (Å²) in [5.74, 6) is 0. The van der Waals surface area contributed by atoms with Gasteiger partial charge in [0.05, 0.1) is 11.6 Å². The van der Waals surface area contributed by atoms with Crippen molar-refractivity contribution in [3.8, 4) is 0 Å². The Morgan fingerprint density at radius 1 is 1.00 bits per heavy atom. The molecule has 2 aromatic carbocycles. The van der Waals surface area contributed by atoms with Crippen molar-refractivity contribution in [3.63, 3.8) is 0 Å². The van der Waals surface area contributed by atoms with Crippen LogP contribution in [-0.4, -0.2) is 21.1 Å². The van der Waals surface area contributed by atoms with Crippen molar-refractivity contribution < 1.29 is 13.2 Å². The SMILES string of the molecule is Cc1ccc(S(=O)(=O)NCNC(=O)Nc2cccc(C)c2)cc1. The van der Waals surface area contributed by atoms with Crippen LogP contribution in [0.4, 0.5) is 10.5 Å². The van der Waals surface area contributed by atoms with Gasteiger partial charge >= 0.3 is 6.03 Å². The first-order valence-electron chi connectivity index (χ1n) is 7.05. The van der Waals surface area contributed by atoms with E-state index in [1.165, 1.54) is 12.1 Å². The Hall–Kier alpha value is -2.38. The van der Waals surface area contributed by atoms with Crippen molar-refractivity contribution in [3.05, 3.63) is 59.7 Å². The van der Waals surface area contributed by atoms with Gasteiger partial charge in [0.2, 0.25) is 10.0 Å². The van der Waals surface area contributed by atoms with Gasteiger partial charge in [0.25, 0.3) is 0 Å². The first kappa shape index (κ1) is 17.0. The zero-order valence-corrected chi connectivity index (χ0v) is 13.8. The number of hydrogen-bond acceptors (Lipinski definition) is 3. The van der Waals surface area contributed by atoms with Gasteiger partial charge in [-0.3, -0.25) is 0 Å². The molecule has 0 atom stereocenters. The van der Waals surface area contributed by atoms with E-state index in [2.05, 4.69) is 15.4 Å². The lowest BCUT2D eigenvalue weighted by Crippen LogP contribution is -2.39. The Balaban J connectivity index is 1.86. The molecular formula is C16H19N3O3S. The quantitative estimate of drug-likeness (QED) is 0.734. The molecule has 0 heterocycles. The summed E-state index contributed by atoms with van der Waals surface area (Å²) in [5.41, 5.74) is 2.63. The molecule has 122 valence electrons. The van der Waals surface area contributed by atoms with Gasteiger partial charge in [-0.1, -0.05) is 29.8 Å². The zero-order valence-electron chi connectivity index (χ0n) is 13.0. The van der Waals surface area contributed by atoms with Gasteiger partial charge in [0.15, 0.2) is 0 Å². The van der Waals surface area contributed by atoms with Crippen LogP contribution in [0.25, 0.3) is 0 Å². The Kier molecular flexibility index (Phi) is 5.36. The molecule has 6 nitrogen and oxygen atoms in total. The summed E-state index contributed by atoms with van der Waals surface area (Å²) in [6, 6.07) is 13.3. The predicted molar refractivity (Wildman–Crippen MR) is 89.7 cm³/mol. The molecule has 0 radical (unpaired) electrons. The van der Waals surface area contributed by atoms with E-state index < -0.39 is 16.1 Å². The molecule has 0 aliphatic carbocycles. The Labute approximate surface area is 136 Å². The van der Waals surface area contributed by atoms with Crippen LogP contribution in [0, 0.1) is 13.8 Å². The maximum atomic E-state index is 12.0. The molecule has 0 bridgehead atoms. The number of amides is 2. The largest absolute Gasteiger partial charge is 0.324 e. The minimum Gasteiger partial charge on any atom is -0.324 e. The standard InChI is InChI=1S/C16H19N3O3S/c1-12-6-8-15(9-7-12)23(21,22)18-11-17-16(20)19-14-5-3-4-13(2)10-14/h3-10,18H,11H2,1-2H3,(H2,17,19,20). The third-order valence-electron chi connectivity index (χ3n) is 3.12. The van der Waals surface area contributed by atoms with Crippen LogP contribution >= 0.6 is 0 Å². The lowest BCUT2D eigenvalue weighted by atomic mass is 10.2. The molecule has 0 aromatic heterocycles. The Morgan fingerprint density at radius 2 is 1.70 bits per heavy atom. The average molecular weight is 333 g/mol. The third-order valence-corrected chi connectivity index (χ3v) is 4.54. The van der Waals surface area contributed by atoms with Crippen LogP contribution in [-0.2, 0) is 10.0 Å². The van der Waals surface area contributed by atoms with Crippen LogP contribution < -0.4 is 15.4 Å². The molecule has 3 N–H and O–H groups in total. The van der Waals surface area contributed by atoms with Gasteiger partial charge in [-0.05, 0) is 43.7 Å². The van der Waals surface area contributed by atoms with Crippen molar-refractivity contribution in [1.29, 1.82) is 0 Å². The zero-order chi connectivity index (χ0) is 16.9. The van der Waals surface area contributed by atoms with Crippen LogP contribution in [0.2, 0.25) is 0 Å². The molecule has 2 aromatic rings. The van der Waals surface area contributed by atoms with E-state index in [-0.39, 0.29) is 11.6 Å². The number of sulfonamides is 1. The highest BCUT2D eigenvalue weighted by Crippen LogP contribution is 2.10. The molecule has 23 heavy (non-hydrogen) atoms. The number of hydrogen-bond donors (Lipinski definition) is 3. The van der Waals surface area contributed by atoms with Gasteiger partial charge < -0.3 is 10.6 Å². The first-order chi connectivity index (χ1) is 10.9. The van der Waals surface area contributed by atoms with E-state index in [0.717, 1.165) is 11.1 Å². The molecule has 0 unspecified atom stereocenters. The molecule has 0 saturated heterocycles. The summed E-state index contributed by atoms with van der Waals surface area (Å²) >= 11 is 0. The minimum atomic E-state index is -3.64. The number of benzene rings is 2. The Morgan fingerprint density at radius 3 is 2.35 bits per heavy atom. The number of aryl methyl sites for hydroxylation is 2. The molecule has 2 amide bonds. The summed E-state index contributed by atoms with van der Waals surface area (Å²) in [6.07, 6.45) is 0. The number of carbonyl (C=O) groups excluding carboxylic acids is 1. The number of anilines is 1. The maximum absolute atomic E-state index is 12.0. The van der Waals surface area contributed by atoms with E-state index in [4.69, 9.17) is 0 Å². The molecule has 7 heteroatoms. The van der Waals surface area contributed by atoms with Crippen LogP contribution in [0.1, 0.15) is 11.1 Å². The smallest absolute Gasteiger partial charge is 0.320 e. The predicted octanol–water partition coefficient (Wildman–Crippen LogP) is 2.36. The highest BCUT2D eigenvalue weighted by atomic mass is 32.2. The second kappa shape index (κ2) is 7.26. The van der Waals surface area contributed by atoms with Crippen molar-refractivity contribution >= 4 is 21.7 Å². The van der Waals surface area contributed by atoms with E-state index in [1.807, 2.05) is 32.0 Å². The van der Waals surface area contributed by atoms with Crippen LogP contribution in [0.15, 0.2) is 53.4 Å². The molecule has 0 aliphatic heterocycles. The lowest BCUT2D eigenvalue weighted by molar-refractivity contribution is 0.252. The summed E-state index contributed by atoms with van der Waals surface area (Å²) in [5, 5.41) is 5.08. The average Bonchev–Trinajstić information content (AvgIpc) is 2.47. The van der Waals surface area contributed by atoms with E-state index in [1.54, 1.807) is 18.2 Å². The topological polar surface area (TPSA) is 87.3 Å². The highest BCUT2D eigenvalue weighted by molar-refractivity contribution is 7.89. The molecule has 0 aliphatic rings. The number of nitrogens with one attached hydrogen (secondary N) is 3. The maximum Gasteiger partial charge on any atom is 0.320 e. The van der Waals surface area contributed by atoms with Gasteiger partial charge in [0, 0.05) is 5.69 Å². The molecular weight excluding hydrogens is 314 g/mol.